The Morgan fingerprint density at radius 3 is 2.74 bits per heavy atom. The van der Waals surface area contributed by atoms with E-state index in [0.29, 0.717) is 18.9 Å². The Bertz CT molecular complexity index is 495. The van der Waals surface area contributed by atoms with E-state index in [4.69, 9.17) is 9.47 Å². The van der Waals surface area contributed by atoms with E-state index < -0.39 is 10.0 Å². The molecule has 1 heterocycles. The van der Waals surface area contributed by atoms with E-state index in [2.05, 4.69) is 10.0 Å². The van der Waals surface area contributed by atoms with E-state index in [-0.39, 0.29) is 17.5 Å². The van der Waals surface area contributed by atoms with E-state index in [9.17, 15) is 8.42 Å². The topological polar surface area (TPSA) is 76.7 Å². The summed E-state index contributed by atoms with van der Waals surface area (Å²) in [6.07, 6.45) is -0.123. The highest BCUT2D eigenvalue weighted by atomic mass is 32.2. The summed E-state index contributed by atoms with van der Waals surface area (Å²) in [7, 11) is -1.96. The Balaban J connectivity index is 1.96. The predicted molar refractivity (Wildman–Crippen MR) is 70.8 cm³/mol. The third kappa shape index (κ3) is 3.90. The highest BCUT2D eigenvalue weighted by Crippen LogP contribution is 2.15. The van der Waals surface area contributed by atoms with Crippen LogP contribution in [0.15, 0.2) is 29.2 Å². The van der Waals surface area contributed by atoms with Crippen LogP contribution < -0.4 is 14.8 Å². The quantitative estimate of drug-likeness (QED) is 0.794. The lowest BCUT2D eigenvalue weighted by Crippen LogP contribution is -2.45. The van der Waals surface area contributed by atoms with Crippen LogP contribution >= 0.6 is 0 Å². The molecule has 0 radical (unpaired) electrons. The first-order valence-electron chi connectivity index (χ1n) is 6.08. The molecule has 1 aliphatic rings. The molecule has 1 aliphatic heterocycles. The third-order valence-corrected chi connectivity index (χ3v) is 4.31. The van der Waals surface area contributed by atoms with Crippen LogP contribution in [-0.4, -0.2) is 47.9 Å². The number of sulfonamides is 1. The van der Waals surface area contributed by atoms with Crippen LogP contribution in [0, 0.1) is 0 Å². The molecular formula is C12H18N2O4S. The molecule has 6 nitrogen and oxygen atoms in total. The normalized spacial score (nSPS) is 20.2. The second-order valence-corrected chi connectivity index (χ2v) is 5.99. The maximum atomic E-state index is 12.0. The lowest BCUT2D eigenvalue weighted by atomic mass is 10.3. The number of nitrogens with one attached hydrogen (secondary N) is 2. The zero-order valence-corrected chi connectivity index (χ0v) is 11.6. The minimum atomic E-state index is -3.50. The fourth-order valence-corrected chi connectivity index (χ4v) is 2.86. The van der Waals surface area contributed by atoms with Crippen molar-refractivity contribution < 1.29 is 17.9 Å². The molecule has 2 N–H and O–H groups in total. The molecule has 1 fully saturated rings. The number of morpholine rings is 1. The molecule has 1 saturated heterocycles. The van der Waals surface area contributed by atoms with Crippen molar-refractivity contribution in [2.24, 2.45) is 0 Å². The first-order valence-corrected chi connectivity index (χ1v) is 7.56. The molecule has 106 valence electrons. The van der Waals surface area contributed by atoms with Crippen LogP contribution in [0.25, 0.3) is 0 Å². The van der Waals surface area contributed by atoms with Crippen LogP contribution in [0.3, 0.4) is 0 Å². The van der Waals surface area contributed by atoms with Crippen LogP contribution in [-0.2, 0) is 14.8 Å². The van der Waals surface area contributed by atoms with Crippen molar-refractivity contribution in [1.29, 1.82) is 0 Å². The van der Waals surface area contributed by atoms with Gasteiger partial charge in [-0.15, -0.1) is 0 Å². The van der Waals surface area contributed by atoms with Gasteiger partial charge in [-0.2, -0.15) is 0 Å². The smallest absolute Gasteiger partial charge is 0.240 e. The Morgan fingerprint density at radius 1 is 1.42 bits per heavy atom. The van der Waals surface area contributed by atoms with Gasteiger partial charge in [-0.3, -0.25) is 0 Å². The number of hydrogen-bond donors (Lipinski definition) is 2. The average Bonchev–Trinajstić information content (AvgIpc) is 2.46. The molecule has 1 aromatic carbocycles. The molecule has 1 aromatic rings. The number of methoxy groups -OCH3 is 1. The fraction of sp³-hybridized carbons (Fsp3) is 0.500. The van der Waals surface area contributed by atoms with Crippen LogP contribution in [0.4, 0.5) is 0 Å². The van der Waals surface area contributed by atoms with Crippen molar-refractivity contribution in [3.05, 3.63) is 24.3 Å². The molecule has 0 amide bonds. The zero-order valence-electron chi connectivity index (χ0n) is 10.8. The summed E-state index contributed by atoms with van der Waals surface area (Å²) in [6.45, 7) is 2.34. The van der Waals surface area contributed by atoms with Gasteiger partial charge in [0, 0.05) is 19.6 Å². The summed E-state index contributed by atoms with van der Waals surface area (Å²) in [5.74, 6) is 0.624. The second kappa shape index (κ2) is 6.33. The number of rotatable bonds is 5. The van der Waals surface area contributed by atoms with E-state index in [1.807, 2.05) is 0 Å². The predicted octanol–water partition coefficient (Wildman–Crippen LogP) is -0.0381. The first kappa shape index (κ1) is 14.3. The van der Waals surface area contributed by atoms with Crippen molar-refractivity contribution in [2.45, 2.75) is 11.0 Å². The average molecular weight is 286 g/mol. The van der Waals surface area contributed by atoms with Gasteiger partial charge >= 0.3 is 0 Å². The van der Waals surface area contributed by atoms with Gasteiger partial charge in [-0.05, 0) is 24.3 Å². The lowest BCUT2D eigenvalue weighted by Gasteiger charge is -2.23. The van der Waals surface area contributed by atoms with Crippen LogP contribution in [0.5, 0.6) is 5.75 Å². The molecule has 2 rings (SSSR count). The molecule has 0 saturated carbocycles. The van der Waals surface area contributed by atoms with Gasteiger partial charge in [0.05, 0.1) is 24.7 Å². The maximum Gasteiger partial charge on any atom is 0.240 e. The molecule has 0 aromatic heterocycles. The first-order chi connectivity index (χ1) is 9.12. The van der Waals surface area contributed by atoms with Gasteiger partial charge in [0.2, 0.25) is 10.0 Å². The zero-order chi connectivity index (χ0) is 13.7. The van der Waals surface area contributed by atoms with Crippen molar-refractivity contribution in [2.75, 3.05) is 33.4 Å². The van der Waals surface area contributed by atoms with E-state index in [0.717, 1.165) is 6.54 Å². The van der Waals surface area contributed by atoms with Crippen LogP contribution in [0.2, 0.25) is 0 Å². The van der Waals surface area contributed by atoms with Gasteiger partial charge in [-0.1, -0.05) is 0 Å². The molecule has 19 heavy (non-hydrogen) atoms. The summed E-state index contributed by atoms with van der Waals surface area (Å²) < 4.78 is 37.1. The van der Waals surface area contributed by atoms with Crippen molar-refractivity contribution >= 4 is 10.0 Å². The highest BCUT2D eigenvalue weighted by molar-refractivity contribution is 7.89. The van der Waals surface area contributed by atoms with Gasteiger partial charge in [-0.25, -0.2) is 13.1 Å². The lowest BCUT2D eigenvalue weighted by molar-refractivity contribution is 0.0324. The van der Waals surface area contributed by atoms with E-state index in [1.165, 1.54) is 19.2 Å². The molecule has 0 aliphatic carbocycles. The monoisotopic (exact) mass is 286 g/mol. The van der Waals surface area contributed by atoms with E-state index in [1.54, 1.807) is 12.1 Å². The molecule has 0 spiro atoms. The maximum absolute atomic E-state index is 12.0. The molecule has 1 unspecified atom stereocenters. The molecule has 7 heteroatoms. The number of ether oxygens (including phenoxy) is 2. The SMILES string of the molecule is COc1ccc(S(=O)(=O)NCC2CNCCO2)cc1. The summed E-state index contributed by atoms with van der Waals surface area (Å²) >= 11 is 0. The second-order valence-electron chi connectivity index (χ2n) is 4.22. The summed E-state index contributed by atoms with van der Waals surface area (Å²) in [4.78, 5) is 0.220. The van der Waals surface area contributed by atoms with Crippen molar-refractivity contribution in [1.82, 2.24) is 10.0 Å². The Labute approximate surface area is 113 Å². The van der Waals surface area contributed by atoms with Crippen molar-refractivity contribution in [3.63, 3.8) is 0 Å². The highest BCUT2D eigenvalue weighted by Gasteiger charge is 2.18. The number of hydrogen-bond acceptors (Lipinski definition) is 5. The Kier molecular flexibility index (Phi) is 4.76. The fourth-order valence-electron chi connectivity index (χ4n) is 1.79. The minimum Gasteiger partial charge on any atom is -0.497 e. The van der Waals surface area contributed by atoms with Gasteiger partial charge in [0.25, 0.3) is 0 Å². The third-order valence-electron chi connectivity index (χ3n) is 2.88. The minimum absolute atomic E-state index is 0.123. The Hall–Kier alpha value is -1.15. The molecular weight excluding hydrogens is 268 g/mol. The largest absolute Gasteiger partial charge is 0.497 e. The van der Waals surface area contributed by atoms with Gasteiger partial charge < -0.3 is 14.8 Å². The van der Waals surface area contributed by atoms with Gasteiger partial charge in [0.1, 0.15) is 5.75 Å². The molecule has 1 atom stereocenters. The standard InChI is InChI=1S/C12H18N2O4S/c1-17-10-2-4-12(5-3-10)19(15,16)14-9-11-8-13-6-7-18-11/h2-5,11,13-14H,6-9H2,1H3. The van der Waals surface area contributed by atoms with Crippen LogP contribution in [0.1, 0.15) is 0 Å². The summed E-state index contributed by atoms with van der Waals surface area (Å²) in [5, 5.41) is 3.15. The molecule has 0 bridgehead atoms. The van der Waals surface area contributed by atoms with Gasteiger partial charge in [0.15, 0.2) is 0 Å². The Morgan fingerprint density at radius 2 is 2.16 bits per heavy atom. The summed E-state index contributed by atoms with van der Waals surface area (Å²) in [5.41, 5.74) is 0. The van der Waals surface area contributed by atoms with E-state index >= 15 is 0 Å². The summed E-state index contributed by atoms with van der Waals surface area (Å²) in [6, 6.07) is 6.27. The van der Waals surface area contributed by atoms with Crippen molar-refractivity contribution in [3.8, 4) is 5.75 Å². The number of benzene rings is 1.